The predicted octanol–water partition coefficient (Wildman–Crippen LogP) is 2.17. The summed E-state index contributed by atoms with van der Waals surface area (Å²) in [5.41, 5.74) is 0. The van der Waals surface area contributed by atoms with Gasteiger partial charge in [-0.25, -0.2) is 0 Å². The van der Waals surface area contributed by atoms with Crippen molar-refractivity contribution in [3.05, 3.63) is 0 Å². The molecule has 0 spiro atoms. The maximum absolute atomic E-state index is 12.1. The van der Waals surface area contributed by atoms with Gasteiger partial charge in [-0.2, -0.15) is 0 Å². The van der Waals surface area contributed by atoms with Crippen molar-refractivity contribution in [1.29, 1.82) is 0 Å². The van der Waals surface area contributed by atoms with E-state index < -0.39 is 0 Å². The third-order valence-electron chi connectivity index (χ3n) is 3.46. The number of carbonyl (C=O) groups is 1. The van der Waals surface area contributed by atoms with E-state index >= 15 is 0 Å². The third-order valence-corrected chi connectivity index (χ3v) is 3.46. The van der Waals surface area contributed by atoms with Crippen molar-refractivity contribution in [3.8, 4) is 0 Å². The monoisotopic (exact) mass is 226 g/mol. The highest BCUT2D eigenvalue weighted by molar-refractivity contribution is 5.77. The van der Waals surface area contributed by atoms with E-state index in [2.05, 4.69) is 31.0 Å². The van der Waals surface area contributed by atoms with Gasteiger partial charge in [-0.1, -0.05) is 19.8 Å². The zero-order valence-electron chi connectivity index (χ0n) is 11.0. The molecular weight excluding hydrogens is 200 g/mol. The highest BCUT2D eigenvalue weighted by Gasteiger charge is 2.25. The molecule has 1 aliphatic carbocycles. The van der Waals surface area contributed by atoms with E-state index in [0.717, 1.165) is 13.1 Å². The van der Waals surface area contributed by atoms with Gasteiger partial charge in [0.1, 0.15) is 0 Å². The Morgan fingerprint density at radius 1 is 1.38 bits per heavy atom. The first-order valence-electron chi connectivity index (χ1n) is 6.71. The number of rotatable bonds is 6. The van der Waals surface area contributed by atoms with E-state index in [9.17, 15) is 4.79 Å². The minimum Gasteiger partial charge on any atom is -0.340 e. The summed E-state index contributed by atoms with van der Waals surface area (Å²) in [4.78, 5) is 14.2. The van der Waals surface area contributed by atoms with Crippen LogP contribution in [0.2, 0.25) is 0 Å². The van der Waals surface area contributed by atoms with Crippen molar-refractivity contribution >= 4 is 5.91 Å². The Bertz CT molecular complexity index is 212. The molecule has 0 saturated heterocycles. The second-order valence-electron chi connectivity index (χ2n) is 4.78. The van der Waals surface area contributed by atoms with E-state index in [1.165, 1.54) is 25.7 Å². The lowest BCUT2D eigenvalue weighted by Gasteiger charge is -2.29. The minimum atomic E-state index is 0.299. The summed E-state index contributed by atoms with van der Waals surface area (Å²) in [6, 6.07) is 0.819. The van der Waals surface area contributed by atoms with Gasteiger partial charge in [-0.05, 0) is 33.2 Å². The van der Waals surface area contributed by atoms with Gasteiger partial charge in [-0.15, -0.1) is 0 Å². The molecular formula is C13H26N2O. The molecule has 94 valence electrons. The Kier molecular flexibility index (Phi) is 5.81. The number of amides is 1. The lowest BCUT2D eigenvalue weighted by atomic mass is 10.1. The molecule has 3 nitrogen and oxygen atoms in total. The molecule has 1 rings (SSSR count). The highest BCUT2D eigenvalue weighted by atomic mass is 16.2. The maximum atomic E-state index is 12.1. The zero-order chi connectivity index (χ0) is 12.0. The van der Waals surface area contributed by atoms with Crippen molar-refractivity contribution in [2.75, 3.05) is 13.1 Å². The average Bonchev–Trinajstić information content (AvgIpc) is 2.72. The van der Waals surface area contributed by atoms with Gasteiger partial charge in [0.15, 0.2) is 0 Å². The molecule has 0 aromatic heterocycles. The topological polar surface area (TPSA) is 32.3 Å². The summed E-state index contributed by atoms with van der Waals surface area (Å²) in [5.74, 6) is 0.322. The Morgan fingerprint density at radius 3 is 2.50 bits per heavy atom. The van der Waals surface area contributed by atoms with Crippen molar-refractivity contribution in [2.45, 2.75) is 65.0 Å². The Labute approximate surface area is 99.6 Å². The van der Waals surface area contributed by atoms with Crippen LogP contribution < -0.4 is 5.32 Å². The Balaban J connectivity index is 2.42. The van der Waals surface area contributed by atoms with Crippen molar-refractivity contribution in [1.82, 2.24) is 10.2 Å². The first kappa shape index (κ1) is 13.5. The van der Waals surface area contributed by atoms with E-state index in [4.69, 9.17) is 0 Å². The molecule has 0 heterocycles. The number of carbonyl (C=O) groups excluding carboxylic acids is 1. The van der Waals surface area contributed by atoms with Crippen LogP contribution in [0.5, 0.6) is 0 Å². The van der Waals surface area contributed by atoms with Crippen LogP contribution >= 0.6 is 0 Å². The van der Waals surface area contributed by atoms with Crippen LogP contribution in [0.25, 0.3) is 0 Å². The van der Waals surface area contributed by atoms with Crippen molar-refractivity contribution in [2.24, 2.45) is 0 Å². The van der Waals surface area contributed by atoms with Gasteiger partial charge < -0.3 is 10.2 Å². The van der Waals surface area contributed by atoms with Crippen LogP contribution in [0.15, 0.2) is 0 Å². The molecule has 0 aromatic rings. The fraction of sp³-hybridized carbons (Fsp3) is 0.923. The van der Waals surface area contributed by atoms with Crippen molar-refractivity contribution in [3.63, 3.8) is 0 Å². The fourth-order valence-electron chi connectivity index (χ4n) is 2.65. The van der Waals surface area contributed by atoms with Crippen LogP contribution in [-0.4, -0.2) is 36.0 Å². The fourth-order valence-corrected chi connectivity index (χ4v) is 2.65. The Morgan fingerprint density at radius 2 is 2.00 bits per heavy atom. The van der Waals surface area contributed by atoms with Gasteiger partial charge in [0.2, 0.25) is 5.91 Å². The molecule has 0 aliphatic heterocycles. The van der Waals surface area contributed by atoms with Crippen LogP contribution in [0.1, 0.15) is 52.9 Å². The zero-order valence-corrected chi connectivity index (χ0v) is 11.0. The third kappa shape index (κ3) is 3.78. The highest BCUT2D eigenvalue weighted by Crippen LogP contribution is 2.23. The lowest BCUT2D eigenvalue weighted by molar-refractivity contribution is -0.133. The molecule has 1 amide bonds. The van der Waals surface area contributed by atoms with E-state index in [0.29, 0.717) is 24.4 Å². The molecule has 0 aromatic carbocycles. The summed E-state index contributed by atoms with van der Waals surface area (Å²) in [5, 5.41) is 3.30. The minimum absolute atomic E-state index is 0.299. The molecule has 1 atom stereocenters. The van der Waals surface area contributed by atoms with Gasteiger partial charge in [-0.3, -0.25) is 4.79 Å². The van der Waals surface area contributed by atoms with Crippen LogP contribution in [-0.2, 0) is 4.79 Å². The molecule has 1 unspecified atom stereocenters. The predicted molar refractivity (Wildman–Crippen MR) is 67.4 cm³/mol. The largest absolute Gasteiger partial charge is 0.340 e. The first-order valence-corrected chi connectivity index (χ1v) is 6.71. The quantitative estimate of drug-likeness (QED) is 0.753. The van der Waals surface area contributed by atoms with Gasteiger partial charge >= 0.3 is 0 Å². The van der Waals surface area contributed by atoms with Crippen molar-refractivity contribution < 1.29 is 4.79 Å². The summed E-state index contributed by atoms with van der Waals surface area (Å²) in [6.07, 6.45) is 5.62. The molecule has 1 N–H and O–H groups in total. The molecule has 1 saturated carbocycles. The summed E-state index contributed by atoms with van der Waals surface area (Å²) in [6.45, 7) is 8.06. The SMILES string of the molecule is CCNC(C)CC(=O)N(CC)C1CCCC1. The molecule has 3 heteroatoms. The number of nitrogens with one attached hydrogen (secondary N) is 1. The van der Waals surface area contributed by atoms with E-state index in [-0.39, 0.29) is 0 Å². The van der Waals surface area contributed by atoms with Gasteiger partial charge in [0.25, 0.3) is 0 Å². The second-order valence-corrected chi connectivity index (χ2v) is 4.78. The molecule has 1 aliphatic rings. The summed E-state index contributed by atoms with van der Waals surface area (Å²) in [7, 11) is 0. The normalized spacial score (nSPS) is 18.7. The summed E-state index contributed by atoms with van der Waals surface area (Å²) < 4.78 is 0. The molecule has 1 fully saturated rings. The first-order chi connectivity index (χ1) is 7.69. The van der Waals surface area contributed by atoms with Crippen LogP contribution in [0.4, 0.5) is 0 Å². The number of hydrogen-bond donors (Lipinski definition) is 1. The molecule has 0 radical (unpaired) electrons. The van der Waals surface area contributed by atoms with E-state index in [1.54, 1.807) is 0 Å². The van der Waals surface area contributed by atoms with E-state index in [1.807, 2.05) is 0 Å². The number of nitrogens with zero attached hydrogens (tertiary/aromatic N) is 1. The average molecular weight is 226 g/mol. The lowest BCUT2D eigenvalue weighted by Crippen LogP contribution is -2.41. The Hall–Kier alpha value is -0.570. The van der Waals surface area contributed by atoms with Gasteiger partial charge in [0, 0.05) is 25.0 Å². The number of hydrogen-bond acceptors (Lipinski definition) is 2. The summed E-state index contributed by atoms with van der Waals surface area (Å²) >= 11 is 0. The van der Waals surface area contributed by atoms with Crippen LogP contribution in [0.3, 0.4) is 0 Å². The smallest absolute Gasteiger partial charge is 0.224 e. The second kappa shape index (κ2) is 6.89. The van der Waals surface area contributed by atoms with Gasteiger partial charge in [0.05, 0.1) is 0 Å². The maximum Gasteiger partial charge on any atom is 0.224 e. The molecule has 16 heavy (non-hydrogen) atoms. The standard InChI is InChI=1S/C13H26N2O/c1-4-14-11(3)10-13(16)15(5-2)12-8-6-7-9-12/h11-12,14H,4-10H2,1-3H3. The van der Waals surface area contributed by atoms with Crippen LogP contribution in [0, 0.1) is 0 Å². The molecule has 0 bridgehead atoms.